The molecule has 140 valence electrons. The summed E-state index contributed by atoms with van der Waals surface area (Å²) >= 11 is 0. The molecule has 0 atom stereocenters. The summed E-state index contributed by atoms with van der Waals surface area (Å²) < 4.78 is 25.0. The number of carbonyl (C=O) groups is 1. The third-order valence-electron chi connectivity index (χ3n) is 3.74. The smallest absolute Gasteiger partial charge is 0.242 e. The number of carbonyl (C=O) groups excluding carboxylic acids is 1. The monoisotopic (exact) mass is 370 g/mol. The maximum absolute atomic E-state index is 12.9. The van der Waals surface area contributed by atoms with E-state index in [1.54, 1.807) is 49.7 Å². The van der Waals surface area contributed by atoms with E-state index in [1.807, 2.05) is 0 Å². The van der Waals surface area contributed by atoms with Crippen LogP contribution in [0.4, 0.5) is 4.39 Å². The third-order valence-corrected chi connectivity index (χ3v) is 3.74. The molecule has 2 aromatic carbocycles. The van der Waals surface area contributed by atoms with Crippen molar-refractivity contribution in [3.8, 4) is 11.5 Å². The Balaban J connectivity index is 1.45. The molecule has 0 bridgehead atoms. The second kappa shape index (κ2) is 8.79. The van der Waals surface area contributed by atoms with Crippen LogP contribution in [0.1, 0.15) is 11.3 Å². The summed E-state index contributed by atoms with van der Waals surface area (Å²) in [5.41, 5.74) is 1.43. The number of amides is 1. The van der Waals surface area contributed by atoms with Gasteiger partial charge in [-0.25, -0.2) is 9.07 Å². The summed E-state index contributed by atoms with van der Waals surface area (Å²) in [5, 5.41) is 10.7. The molecule has 0 aliphatic carbocycles. The van der Waals surface area contributed by atoms with E-state index in [1.165, 1.54) is 16.8 Å². The number of hydrogen-bond acceptors (Lipinski definition) is 5. The van der Waals surface area contributed by atoms with Gasteiger partial charge in [-0.15, -0.1) is 5.10 Å². The Morgan fingerprint density at radius 1 is 1.11 bits per heavy atom. The second-order valence-electron chi connectivity index (χ2n) is 5.77. The second-order valence-corrected chi connectivity index (χ2v) is 5.77. The number of ether oxygens (including phenoxy) is 2. The van der Waals surface area contributed by atoms with E-state index in [9.17, 15) is 9.18 Å². The lowest BCUT2D eigenvalue weighted by Gasteiger charge is -2.05. The molecule has 3 rings (SSSR count). The average Bonchev–Trinajstić information content (AvgIpc) is 3.13. The van der Waals surface area contributed by atoms with E-state index in [0.29, 0.717) is 18.0 Å². The van der Waals surface area contributed by atoms with Crippen LogP contribution >= 0.6 is 0 Å². The van der Waals surface area contributed by atoms with E-state index in [2.05, 4.69) is 15.6 Å². The number of hydrogen-bond donors (Lipinski definition) is 1. The fraction of sp³-hybridized carbons (Fsp3) is 0.211. The number of rotatable bonds is 8. The van der Waals surface area contributed by atoms with Gasteiger partial charge in [0.05, 0.1) is 13.3 Å². The molecule has 0 saturated heterocycles. The predicted octanol–water partition coefficient (Wildman–Crippen LogP) is 2.32. The molecule has 1 N–H and O–H groups in total. The van der Waals surface area contributed by atoms with Crippen molar-refractivity contribution in [2.24, 2.45) is 0 Å². The van der Waals surface area contributed by atoms with Crippen molar-refractivity contribution < 1.29 is 18.7 Å². The van der Waals surface area contributed by atoms with Gasteiger partial charge in [-0.2, -0.15) is 0 Å². The van der Waals surface area contributed by atoms with Gasteiger partial charge in [0.15, 0.2) is 0 Å². The highest BCUT2D eigenvalue weighted by Gasteiger charge is 2.07. The molecule has 3 aromatic rings. The molecule has 1 amide bonds. The Kier molecular flexibility index (Phi) is 5.98. The van der Waals surface area contributed by atoms with Gasteiger partial charge < -0.3 is 14.8 Å². The molecule has 0 fully saturated rings. The van der Waals surface area contributed by atoms with E-state index < -0.39 is 0 Å². The quantitative estimate of drug-likeness (QED) is 0.658. The van der Waals surface area contributed by atoms with E-state index in [-0.39, 0.29) is 24.9 Å². The van der Waals surface area contributed by atoms with Crippen molar-refractivity contribution in [2.75, 3.05) is 7.11 Å². The Hall–Kier alpha value is -3.42. The van der Waals surface area contributed by atoms with Crippen LogP contribution < -0.4 is 14.8 Å². The largest absolute Gasteiger partial charge is 0.497 e. The SMILES string of the molecule is COc1ccc(OCc2cn(CC(=O)NCc3ccc(F)cc3)nn2)cc1. The molecule has 0 radical (unpaired) electrons. The molecule has 8 heteroatoms. The van der Waals surface area contributed by atoms with Crippen molar-refractivity contribution >= 4 is 5.91 Å². The summed E-state index contributed by atoms with van der Waals surface area (Å²) in [6.45, 7) is 0.599. The molecule has 0 saturated carbocycles. The van der Waals surface area contributed by atoms with Gasteiger partial charge in [-0.3, -0.25) is 4.79 Å². The van der Waals surface area contributed by atoms with Crippen molar-refractivity contribution in [1.29, 1.82) is 0 Å². The fourth-order valence-electron chi connectivity index (χ4n) is 2.32. The number of benzene rings is 2. The van der Waals surface area contributed by atoms with Crippen molar-refractivity contribution in [1.82, 2.24) is 20.3 Å². The van der Waals surface area contributed by atoms with E-state index in [0.717, 1.165) is 11.3 Å². The first-order chi connectivity index (χ1) is 13.1. The Morgan fingerprint density at radius 3 is 2.52 bits per heavy atom. The molecule has 0 spiro atoms. The summed E-state index contributed by atoms with van der Waals surface area (Å²) in [6, 6.07) is 13.2. The Bertz CT molecular complexity index is 879. The summed E-state index contributed by atoms with van der Waals surface area (Å²) in [6.07, 6.45) is 1.65. The van der Waals surface area contributed by atoms with Crippen molar-refractivity contribution in [3.05, 3.63) is 71.8 Å². The Morgan fingerprint density at radius 2 is 1.81 bits per heavy atom. The average molecular weight is 370 g/mol. The molecule has 0 aliphatic rings. The van der Waals surface area contributed by atoms with Gasteiger partial charge in [-0.1, -0.05) is 17.3 Å². The topological polar surface area (TPSA) is 78.3 Å². The van der Waals surface area contributed by atoms with Crippen LogP contribution in [-0.2, 0) is 24.5 Å². The van der Waals surface area contributed by atoms with Gasteiger partial charge in [0.1, 0.15) is 36.2 Å². The van der Waals surface area contributed by atoms with Crippen molar-refractivity contribution in [3.63, 3.8) is 0 Å². The summed E-state index contributed by atoms with van der Waals surface area (Å²) in [5.74, 6) is 0.909. The van der Waals surface area contributed by atoms with Crippen molar-refractivity contribution in [2.45, 2.75) is 19.7 Å². The normalized spacial score (nSPS) is 10.4. The molecular formula is C19H19FN4O3. The molecule has 27 heavy (non-hydrogen) atoms. The minimum atomic E-state index is -0.308. The van der Waals surface area contributed by atoms with Gasteiger partial charge in [0.2, 0.25) is 5.91 Å². The van der Waals surface area contributed by atoms with Crippen LogP contribution in [0.2, 0.25) is 0 Å². The molecule has 1 aromatic heterocycles. The maximum Gasteiger partial charge on any atom is 0.242 e. The third kappa shape index (κ3) is 5.53. The fourth-order valence-corrected chi connectivity index (χ4v) is 2.32. The predicted molar refractivity (Wildman–Crippen MR) is 95.6 cm³/mol. The first-order valence-electron chi connectivity index (χ1n) is 8.29. The highest BCUT2D eigenvalue weighted by Crippen LogP contribution is 2.17. The van der Waals surface area contributed by atoms with Gasteiger partial charge in [-0.05, 0) is 42.0 Å². The highest BCUT2D eigenvalue weighted by molar-refractivity contribution is 5.75. The lowest BCUT2D eigenvalue weighted by Crippen LogP contribution is -2.27. The molecular weight excluding hydrogens is 351 g/mol. The number of nitrogens with zero attached hydrogens (tertiary/aromatic N) is 3. The lowest BCUT2D eigenvalue weighted by molar-refractivity contribution is -0.122. The first kappa shape index (κ1) is 18.4. The van der Waals surface area contributed by atoms with Crippen LogP contribution in [0.5, 0.6) is 11.5 Å². The molecule has 7 nitrogen and oxygen atoms in total. The minimum Gasteiger partial charge on any atom is -0.497 e. The first-order valence-corrected chi connectivity index (χ1v) is 8.29. The van der Waals surface area contributed by atoms with E-state index in [4.69, 9.17) is 9.47 Å². The zero-order valence-corrected chi connectivity index (χ0v) is 14.8. The minimum absolute atomic E-state index is 0.0384. The molecule has 1 heterocycles. The van der Waals surface area contributed by atoms with Crippen LogP contribution in [-0.4, -0.2) is 28.0 Å². The van der Waals surface area contributed by atoms with E-state index >= 15 is 0 Å². The number of aromatic nitrogens is 3. The lowest BCUT2D eigenvalue weighted by atomic mass is 10.2. The molecule has 0 aliphatic heterocycles. The standard InChI is InChI=1S/C19H19FN4O3/c1-26-17-6-8-18(9-7-17)27-13-16-11-24(23-22-16)12-19(25)21-10-14-2-4-15(20)5-3-14/h2-9,11H,10,12-13H2,1H3,(H,21,25). The Labute approximate surface area is 155 Å². The zero-order chi connectivity index (χ0) is 19.1. The van der Waals surface area contributed by atoms with Gasteiger partial charge in [0, 0.05) is 6.54 Å². The van der Waals surface area contributed by atoms with Crippen LogP contribution in [0, 0.1) is 5.82 Å². The summed E-state index contributed by atoms with van der Waals surface area (Å²) in [7, 11) is 1.60. The maximum atomic E-state index is 12.9. The zero-order valence-electron chi connectivity index (χ0n) is 14.8. The van der Waals surface area contributed by atoms with Crippen LogP contribution in [0.25, 0.3) is 0 Å². The summed E-state index contributed by atoms with van der Waals surface area (Å²) in [4.78, 5) is 12.0. The van der Waals surface area contributed by atoms with Crippen LogP contribution in [0.3, 0.4) is 0 Å². The number of halogens is 1. The number of nitrogens with one attached hydrogen (secondary N) is 1. The van der Waals surface area contributed by atoms with Gasteiger partial charge in [0.25, 0.3) is 0 Å². The van der Waals surface area contributed by atoms with Gasteiger partial charge >= 0.3 is 0 Å². The van der Waals surface area contributed by atoms with Crippen LogP contribution in [0.15, 0.2) is 54.7 Å². The number of methoxy groups -OCH3 is 1. The highest BCUT2D eigenvalue weighted by atomic mass is 19.1. The molecule has 0 unspecified atom stereocenters.